The van der Waals surface area contributed by atoms with Gasteiger partial charge in [-0.1, -0.05) is 30.3 Å². The summed E-state index contributed by atoms with van der Waals surface area (Å²) >= 11 is 3.38. The van der Waals surface area contributed by atoms with Crippen LogP contribution in [0.1, 0.15) is 21.5 Å². The van der Waals surface area contributed by atoms with Gasteiger partial charge in [-0.05, 0) is 50.8 Å². The summed E-state index contributed by atoms with van der Waals surface area (Å²) in [6, 6.07) is 10.3. The van der Waals surface area contributed by atoms with Crippen molar-refractivity contribution in [2.75, 3.05) is 7.05 Å². The van der Waals surface area contributed by atoms with Gasteiger partial charge >= 0.3 is 6.03 Å². The first-order valence-electron chi connectivity index (χ1n) is 8.34. The molecule has 0 saturated carbocycles. The van der Waals surface area contributed by atoms with Gasteiger partial charge in [-0.15, -0.1) is 0 Å². The van der Waals surface area contributed by atoms with E-state index in [4.69, 9.17) is 4.74 Å². The Hall–Kier alpha value is -3.46. The molecule has 0 spiro atoms. The van der Waals surface area contributed by atoms with Crippen molar-refractivity contribution in [1.29, 1.82) is 0 Å². The molecule has 1 saturated heterocycles. The van der Waals surface area contributed by atoms with Crippen LogP contribution in [0, 0.1) is 0 Å². The third-order valence-electron chi connectivity index (χ3n) is 4.16. The minimum absolute atomic E-state index is 0.0842. The lowest BCUT2D eigenvalue weighted by Crippen LogP contribution is -2.52. The highest BCUT2D eigenvalue weighted by atomic mass is 79.9. The molecule has 0 radical (unpaired) electrons. The number of halogens is 1. The zero-order chi connectivity index (χ0) is 21.1. The number of carboxylic acid groups (broad SMARTS) is 1. The molecule has 0 bridgehead atoms. The highest BCUT2D eigenvalue weighted by Gasteiger charge is 2.32. The normalized spacial score (nSPS) is 15.4. The van der Waals surface area contributed by atoms with E-state index in [1.54, 1.807) is 30.3 Å². The average Bonchev–Trinajstić information content (AvgIpc) is 2.69. The van der Waals surface area contributed by atoms with Gasteiger partial charge in [-0.25, -0.2) is 4.79 Å². The van der Waals surface area contributed by atoms with Crippen molar-refractivity contribution in [3.05, 3.63) is 69.2 Å². The second-order valence-corrected chi connectivity index (χ2v) is 7.00. The lowest BCUT2D eigenvalue weighted by molar-refractivity contribution is -0.255. The molecule has 0 aromatic heterocycles. The first-order chi connectivity index (χ1) is 13.8. The number of nitrogens with one attached hydrogen (secondary N) is 1. The lowest BCUT2D eigenvalue weighted by atomic mass is 10.1. The predicted molar refractivity (Wildman–Crippen MR) is 104 cm³/mol. The van der Waals surface area contributed by atoms with Crippen molar-refractivity contribution in [3.63, 3.8) is 0 Å². The largest absolute Gasteiger partial charge is 0.545 e. The molecule has 3 rings (SSSR count). The number of carboxylic acids is 1. The second-order valence-electron chi connectivity index (χ2n) is 6.14. The molecule has 148 valence electrons. The molecule has 8 nitrogen and oxygen atoms in total. The summed E-state index contributed by atoms with van der Waals surface area (Å²) in [4.78, 5) is 47.1. The number of rotatable bonds is 5. The number of barbiturate groups is 1. The fourth-order valence-corrected chi connectivity index (χ4v) is 3.05. The maximum Gasteiger partial charge on any atom is 0.331 e. The zero-order valence-corrected chi connectivity index (χ0v) is 16.7. The first kappa shape index (κ1) is 20.3. The molecule has 1 aliphatic rings. The molecule has 2 aromatic carbocycles. The van der Waals surface area contributed by atoms with E-state index < -0.39 is 23.8 Å². The van der Waals surface area contributed by atoms with Gasteiger partial charge in [0.15, 0.2) is 0 Å². The Bertz CT molecular complexity index is 1050. The Kier molecular flexibility index (Phi) is 5.79. The molecular formula is C20H14BrN2O6-. The van der Waals surface area contributed by atoms with Crippen molar-refractivity contribution >= 4 is 45.8 Å². The van der Waals surface area contributed by atoms with Crippen LogP contribution in [0.5, 0.6) is 5.75 Å². The molecule has 4 amide bonds. The van der Waals surface area contributed by atoms with Gasteiger partial charge in [0.2, 0.25) is 0 Å². The number of amides is 4. The molecule has 1 fully saturated rings. The van der Waals surface area contributed by atoms with Gasteiger partial charge in [0.1, 0.15) is 17.9 Å². The van der Waals surface area contributed by atoms with E-state index in [9.17, 15) is 24.3 Å². The van der Waals surface area contributed by atoms with E-state index in [-0.39, 0.29) is 17.7 Å². The minimum atomic E-state index is -1.24. The quantitative estimate of drug-likeness (QED) is 0.536. The van der Waals surface area contributed by atoms with Crippen LogP contribution in [0.4, 0.5) is 4.79 Å². The molecule has 1 heterocycles. The van der Waals surface area contributed by atoms with Crippen molar-refractivity contribution in [3.8, 4) is 5.75 Å². The van der Waals surface area contributed by atoms with Crippen LogP contribution < -0.4 is 15.2 Å². The fourth-order valence-electron chi connectivity index (χ4n) is 2.53. The summed E-state index contributed by atoms with van der Waals surface area (Å²) in [7, 11) is 1.28. The lowest BCUT2D eigenvalue weighted by Gasteiger charge is -2.22. The van der Waals surface area contributed by atoms with Crippen molar-refractivity contribution in [1.82, 2.24) is 10.2 Å². The number of hydrogen-bond donors (Lipinski definition) is 1. The van der Waals surface area contributed by atoms with Gasteiger partial charge in [0.05, 0.1) is 10.4 Å². The summed E-state index contributed by atoms with van der Waals surface area (Å²) in [5.74, 6) is -2.17. The van der Waals surface area contributed by atoms with Crippen LogP contribution in [-0.2, 0) is 16.2 Å². The van der Waals surface area contributed by atoms with E-state index in [0.717, 1.165) is 10.5 Å². The Balaban J connectivity index is 1.73. The van der Waals surface area contributed by atoms with Crippen LogP contribution in [0.15, 0.2) is 52.5 Å². The molecule has 0 unspecified atom stereocenters. The van der Waals surface area contributed by atoms with Crippen LogP contribution in [0.3, 0.4) is 0 Å². The average molecular weight is 458 g/mol. The summed E-state index contributed by atoms with van der Waals surface area (Å²) in [5.41, 5.74) is 1.26. The number of ether oxygens (including phenoxy) is 1. The van der Waals surface area contributed by atoms with Gasteiger partial charge in [-0.2, -0.15) is 0 Å². The molecule has 0 aliphatic carbocycles. The number of aromatic carboxylic acids is 1. The molecular weight excluding hydrogens is 444 g/mol. The topological polar surface area (TPSA) is 116 Å². The standard InChI is InChI=1S/C20H15BrN2O6/c1-23-18(25)14(17(24)22-20(23)28)8-12-4-7-16(15(21)9-12)29-10-11-2-5-13(6-3-11)19(26)27/h2-9H,10H2,1H3,(H,26,27)(H,22,24,28)/p-1/b14-8+. The maximum absolute atomic E-state index is 12.1. The number of carbonyl (C=O) groups is 4. The van der Waals surface area contributed by atoms with Crippen molar-refractivity contribution in [2.24, 2.45) is 0 Å². The summed E-state index contributed by atoms with van der Waals surface area (Å²) in [5, 5.41) is 12.9. The van der Waals surface area contributed by atoms with Crippen molar-refractivity contribution in [2.45, 2.75) is 6.61 Å². The number of benzene rings is 2. The van der Waals surface area contributed by atoms with Crippen LogP contribution in [0.2, 0.25) is 0 Å². The molecule has 1 N–H and O–H groups in total. The minimum Gasteiger partial charge on any atom is -0.545 e. The fraction of sp³-hybridized carbons (Fsp3) is 0.100. The summed E-state index contributed by atoms with van der Waals surface area (Å²) in [6.45, 7) is 0.208. The SMILES string of the molecule is CN1C(=O)NC(=O)/C(=C\c2ccc(OCc3ccc(C(=O)[O-])cc3)c(Br)c2)C1=O. The summed E-state index contributed by atoms with van der Waals surface area (Å²) in [6.07, 6.45) is 1.38. The monoisotopic (exact) mass is 457 g/mol. The molecule has 1 aliphatic heterocycles. The number of carbonyl (C=O) groups excluding carboxylic acids is 4. The van der Waals surface area contributed by atoms with Gasteiger partial charge in [-0.3, -0.25) is 19.8 Å². The number of likely N-dealkylation sites (N-methyl/N-ethyl adjacent to an activating group) is 1. The first-order valence-corrected chi connectivity index (χ1v) is 9.13. The smallest absolute Gasteiger partial charge is 0.331 e. The molecule has 2 aromatic rings. The molecule has 9 heteroatoms. The van der Waals surface area contributed by atoms with E-state index in [1.165, 1.54) is 25.3 Å². The summed E-state index contributed by atoms with van der Waals surface area (Å²) < 4.78 is 6.30. The van der Waals surface area contributed by atoms with Crippen LogP contribution in [-0.4, -0.2) is 35.8 Å². The third-order valence-corrected chi connectivity index (χ3v) is 4.78. The number of hydrogen-bond acceptors (Lipinski definition) is 6. The molecule has 29 heavy (non-hydrogen) atoms. The van der Waals surface area contributed by atoms with Gasteiger partial charge in [0, 0.05) is 7.05 Å². The predicted octanol–water partition coefficient (Wildman–Crippen LogP) is 1.48. The third kappa shape index (κ3) is 4.52. The van der Waals surface area contributed by atoms with Gasteiger partial charge < -0.3 is 14.6 Å². The number of urea groups is 1. The van der Waals surface area contributed by atoms with E-state index in [0.29, 0.717) is 15.8 Å². The van der Waals surface area contributed by atoms with Crippen LogP contribution >= 0.6 is 15.9 Å². The zero-order valence-electron chi connectivity index (χ0n) is 15.1. The van der Waals surface area contributed by atoms with E-state index >= 15 is 0 Å². The van der Waals surface area contributed by atoms with E-state index in [1.807, 2.05) is 0 Å². The highest BCUT2D eigenvalue weighted by Crippen LogP contribution is 2.28. The van der Waals surface area contributed by atoms with E-state index in [2.05, 4.69) is 21.2 Å². The van der Waals surface area contributed by atoms with Crippen molar-refractivity contribution < 1.29 is 29.0 Å². The van der Waals surface area contributed by atoms with Gasteiger partial charge in [0.25, 0.3) is 11.8 Å². The number of imide groups is 2. The number of nitrogens with zero attached hydrogens (tertiary/aromatic N) is 1. The maximum atomic E-state index is 12.1. The Morgan fingerprint density at radius 2 is 1.86 bits per heavy atom. The second kappa shape index (κ2) is 8.27. The molecule has 0 atom stereocenters. The Labute approximate surface area is 173 Å². The Morgan fingerprint density at radius 3 is 2.48 bits per heavy atom. The Morgan fingerprint density at radius 1 is 1.17 bits per heavy atom. The highest BCUT2D eigenvalue weighted by molar-refractivity contribution is 9.10. The van der Waals surface area contributed by atoms with Crippen LogP contribution in [0.25, 0.3) is 6.08 Å².